The molecule has 0 saturated carbocycles. The van der Waals surface area contributed by atoms with Gasteiger partial charge < -0.3 is 10.0 Å². The highest BCUT2D eigenvalue weighted by atomic mass is 79.9. The van der Waals surface area contributed by atoms with E-state index in [0.717, 1.165) is 33.5 Å². The average molecular weight is 352 g/mol. The number of benzene rings is 1. The number of hydrogen-bond acceptors (Lipinski definition) is 3. The Morgan fingerprint density at radius 2 is 2.10 bits per heavy atom. The molecule has 0 amide bonds. The summed E-state index contributed by atoms with van der Waals surface area (Å²) in [6, 6.07) is 7.99. The zero-order valence-corrected chi connectivity index (χ0v) is 14.6. The van der Waals surface area contributed by atoms with Crippen LogP contribution in [0.2, 0.25) is 0 Å². The van der Waals surface area contributed by atoms with E-state index < -0.39 is 6.10 Å². The SMILES string of the molecule is CCc1nn(C)c(CC(O)c2cccc(N(C)C)c2)c1Br. The van der Waals surface area contributed by atoms with Crippen molar-refractivity contribution in [1.29, 1.82) is 0 Å². The van der Waals surface area contributed by atoms with Crippen molar-refractivity contribution in [2.75, 3.05) is 19.0 Å². The molecule has 2 aromatic rings. The molecule has 1 heterocycles. The molecule has 4 nitrogen and oxygen atoms in total. The molecule has 0 spiro atoms. The molecule has 5 heteroatoms. The van der Waals surface area contributed by atoms with Crippen LogP contribution >= 0.6 is 15.9 Å². The average Bonchev–Trinajstić information content (AvgIpc) is 2.74. The Morgan fingerprint density at radius 3 is 2.67 bits per heavy atom. The van der Waals surface area contributed by atoms with Gasteiger partial charge in [0.25, 0.3) is 0 Å². The Hall–Kier alpha value is -1.33. The van der Waals surface area contributed by atoms with Crippen molar-refractivity contribution in [1.82, 2.24) is 9.78 Å². The lowest BCUT2D eigenvalue weighted by Gasteiger charge is -2.16. The number of hydrogen-bond donors (Lipinski definition) is 1. The monoisotopic (exact) mass is 351 g/mol. The van der Waals surface area contributed by atoms with Crippen molar-refractivity contribution >= 4 is 21.6 Å². The third-order valence-electron chi connectivity index (χ3n) is 3.66. The molecule has 1 unspecified atom stereocenters. The van der Waals surface area contributed by atoms with Crippen LogP contribution in [0.1, 0.15) is 30.0 Å². The van der Waals surface area contributed by atoms with Gasteiger partial charge in [-0.1, -0.05) is 19.1 Å². The van der Waals surface area contributed by atoms with Crippen molar-refractivity contribution in [3.63, 3.8) is 0 Å². The van der Waals surface area contributed by atoms with Crippen LogP contribution in [0.25, 0.3) is 0 Å². The molecular formula is C16H22BrN3O. The number of aromatic nitrogens is 2. The van der Waals surface area contributed by atoms with Gasteiger partial charge in [0.2, 0.25) is 0 Å². The van der Waals surface area contributed by atoms with Crippen LogP contribution < -0.4 is 4.90 Å². The first-order valence-corrected chi connectivity index (χ1v) is 7.89. The lowest BCUT2D eigenvalue weighted by Crippen LogP contribution is -2.11. The quantitative estimate of drug-likeness (QED) is 0.899. The minimum Gasteiger partial charge on any atom is -0.388 e. The van der Waals surface area contributed by atoms with Crippen molar-refractivity contribution in [3.8, 4) is 0 Å². The van der Waals surface area contributed by atoms with Gasteiger partial charge in [-0.3, -0.25) is 4.68 Å². The Labute approximate surface area is 134 Å². The molecule has 1 atom stereocenters. The van der Waals surface area contributed by atoms with Gasteiger partial charge in [-0.25, -0.2) is 0 Å². The second-order valence-corrected chi connectivity index (χ2v) is 6.19. The molecule has 0 aliphatic rings. The van der Waals surface area contributed by atoms with Gasteiger partial charge in [0.05, 0.1) is 22.0 Å². The standard InChI is InChI=1S/C16H22BrN3O/c1-5-13-16(17)14(20(4)18-13)10-15(21)11-7-6-8-12(9-11)19(2)3/h6-9,15,21H,5,10H2,1-4H3. The molecule has 0 fully saturated rings. The van der Waals surface area contributed by atoms with Gasteiger partial charge in [0.15, 0.2) is 0 Å². The number of aliphatic hydroxyl groups excluding tert-OH is 1. The van der Waals surface area contributed by atoms with Gasteiger partial charge in [-0.15, -0.1) is 0 Å². The van der Waals surface area contributed by atoms with Crippen LogP contribution in [0.3, 0.4) is 0 Å². The summed E-state index contributed by atoms with van der Waals surface area (Å²) in [7, 11) is 5.91. The second kappa shape index (κ2) is 6.62. The molecule has 0 aliphatic carbocycles. The third kappa shape index (κ3) is 3.47. The van der Waals surface area contributed by atoms with E-state index in [2.05, 4.69) is 28.0 Å². The van der Waals surface area contributed by atoms with Crippen LogP contribution in [-0.4, -0.2) is 29.0 Å². The first kappa shape index (κ1) is 16.0. The maximum atomic E-state index is 10.5. The number of anilines is 1. The molecule has 1 N–H and O–H groups in total. The first-order valence-electron chi connectivity index (χ1n) is 7.09. The van der Waals surface area contributed by atoms with Crippen LogP contribution in [0.15, 0.2) is 28.7 Å². The van der Waals surface area contributed by atoms with E-state index in [1.54, 1.807) is 0 Å². The minimum atomic E-state index is -0.540. The van der Waals surface area contributed by atoms with Crippen molar-refractivity contribution in [2.24, 2.45) is 7.05 Å². The van der Waals surface area contributed by atoms with Gasteiger partial charge >= 0.3 is 0 Å². The van der Waals surface area contributed by atoms with Gasteiger partial charge in [-0.2, -0.15) is 5.10 Å². The van der Waals surface area contributed by atoms with Crippen LogP contribution in [0.4, 0.5) is 5.69 Å². The fourth-order valence-electron chi connectivity index (χ4n) is 2.35. The van der Waals surface area contributed by atoms with Crippen molar-refractivity contribution < 1.29 is 5.11 Å². The van der Waals surface area contributed by atoms with Crippen LogP contribution in [0.5, 0.6) is 0 Å². The highest BCUT2D eigenvalue weighted by Crippen LogP contribution is 2.28. The smallest absolute Gasteiger partial charge is 0.0846 e. The molecule has 0 aliphatic heterocycles. The van der Waals surface area contributed by atoms with E-state index in [-0.39, 0.29) is 0 Å². The summed E-state index contributed by atoms with van der Waals surface area (Å²) >= 11 is 3.60. The molecule has 114 valence electrons. The maximum Gasteiger partial charge on any atom is 0.0846 e. The lowest BCUT2D eigenvalue weighted by molar-refractivity contribution is 0.175. The summed E-state index contributed by atoms with van der Waals surface area (Å²) in [5.41, 5.74) is 4.06. The summed E-state index contributed by atoms with van der Waals surface area (Å²) in [4.78, 5) is 2.03. The zero-order valence-electron chi connectivity index (χ0n) is 13.0. The van der Waals surface area contributed by atoms with E-state index in [1.165, 1.54) is 0 Å². The molecule has 2 rings (SSSR count). The highest BCUT2D eigenvalue weighted by molar-refractivity contribution is 9.10. The van der Waals surface area contributed by atoms with Crippen LogP contribution in [0, 0.1) is 0 Å². The van der Waals surface area contributed by atoms with E-state index in [0.29, 0.717) is 6.42 Å². The predicted octanol–water partition coefficient (Wildman–Crippen LogP) is 3.09. The molecule has 0 saturated heterocycles. The Bertz CT molecular complexity index is 622. The molecule has 1 aromatic heterocycles. The Morgan fingerprint density at radius 1 is 1.38 bits per heavy atom. The largest absolute Gasteiger partial charge is 0.388 e. The van der Waals surface area contributed by atoms with Crippen molar-refractivity contribution in [3.05, 3.63) is 45.7 Å². The van der Waals surface area contributed by atoms with E-state index in [4.69, 9.17) is 0 Å². The summed E-state index contributed by atoms with van der Waals surface area (Å²) < 4.78 is 2.86. The highest BCUT2D eigenvalue weighted by Gasteiger charge is 2.17. The van der Waals surface area contributed by atoms with Gasteiger partial charge in [0, 0.05) is 33.3 Å². The van der Waals surface area contributed by atoms with Crippen molar-refractivity contribution in [2.45, 2.75) is 25.9 Å². The minimum absolute atomic E-state index is 0.540. The zero-order chi connectivity index (χ0) is 15.6. The topological polar surface area (TPSA) is 41.3 Å². The fourth-order valence-corrected chi connectivity index (χ4v) is 3.13. The summed E-state index contributed by atoms with van der Waals surface area (Å²) in [6.07, 6.45) is 0.878. The summed E-state index contributed by atoms with van der Waals surface area (Å²) in [5, 5.41) is 15.0. The third-order valence-corrected chi connectivity index (χ3v) is 4.58. The number of nitrogens with zero attached hydrogens (tertiary/aromatic N) is 3. The molecular weight excluding hydrogens is 330 g/mol. The summed E-state index contributed by atoms with van der Waals surface area (Å²) in [6.45, 7) is 2.08. The van der Waals surface area contributed by atoms with Crippen LogP contribution in [-0.2, 0) is 19.9 Å². The molecule has 1 aromatic carbocycles. The fraction of sp³-hybridized carbons (Fsp3) is 0.438. The van der Waals surface area contributed by atoms with E-state index in [9.17, 15) is 5.11 Å². The first-order chi connectivity index (χ1) is 9.93. The summed E-state index contributed by atoms with van der Waals surface area (Å²) in [5.74, 6) is 0. The number of aryl methyl sites for hydroxylation is 2. The normalized spacial score (nSPS) is 12.5. The second-order valence-electron chi connectivity index (χ2n) is 5.39. The predicted molar refractivity (Wildman–Crippen MR) is 89.7 cm³/mol. The number of rotatable bonds is 5. The maximum absolute atomic E-state index is 10.5. The van der Waals surface area contributed by atoms with E-state index >= 15 is 0 Å². The lowest BCUT2D eigenvalue weighted by atomic mass is 10.0. The number of aliphatic hydroxyl groups is 1. The van der Waals surface area contributed by atoms with Gasteiger partial charge in [0.1, 0.15) is 0 Å². The molecule has 0 radical (unpaired) electrons. The van der Waals surface area contributed by atoms with Gasteiger partial charge in [-0.05, 0) is 40.0 Å². The molecule has 0 bridgehead atoms. The van der Waals surface area contributed by atoms with E-state index in [1.807, 2.05) is 55.0 Å². The number of halogens is 1. The Balaban J connectivity index is 2.24. The Kier molecular flexibility index (Phi) is 5.06. The molecule has 21 heavy (non-hydrogen) atoms.